The van der Waals surface area contributed by atoms with Gasteiger partial charge in [-0.05, 0) is 44.0 Å². The number of hydrogen-bond donors (Lipinski definition) is 1. The third kappa shape index (κ3) is 2.76. The fourth-order valence-electron chi connectivity index (χ4n) is 3.28. The standard InChI is InChI=1S/C16H26N2/c1-12(2)11-18(4)15-10-9-13-7-5-6-8-14(13)16(15)17-3/h5-8,12,15-17H,9-11H2,1-4H3. The van der Waals surface area contributed by atoms with Crippen LogP contribution in [-0.4, -0.2) is 31.6 Å². The predicted octanol–water partition coefficient (Wildman–Crippen LogP) is 2.85. The van der Waals surface area contributed by atoms with Crippen molar-refractivity contribution in [1.82, 2.24) is 10.2 Å². The number of aryl methyl sites for hydroxylation is 1. The molecule has 0 heterocycles. The van der Waals surface area contributed by atoms with Gasteiger partial charge in [-0.3, -0.25) is 0 Å². The molecule has 0 saturated carbocycles. The average Bonchev–Trinajstić information content (AvgIpc) is 2.36. The Kier molecular flexibility index (Phi) is 4.41. The summed E-state index contributed by atoms with van der Waals surface area (Å²) in [6, 6.07) is 9.97. The van der Waals surface area contributed by atoms with E-state index in [4.69, 9.17) is 0 Å². The molecule has 1 aromatic carbocycles. The molecule has 1 aliphatic carbocycles. The first-order valence-corrected chi connectivity index (χ1v) is 7.08. The number of benzene rings is 1. The molecule has 0 aliphatic heterocycles. The summed E-state index contributed by atoms with van der Waals surface area (Å²) in [5, 5.41) is 3.52. The summed E-state index contributed by atoms with van der Waals surface area (Å²) >= 11 is 0. The molecule has 0 fully saturated rings. The predicted molar refractivity (Wildman–Crippen MR) is 77.8 cm³/mol. The highest BCUT2D eigenvalue weighted by atomic mass is 15.2. The molecule has 2 heteroatoms. The van der Waals surface area contributed by atoms with Crippen molar-refractivity contribution in [2.45, 2.75) is 38.8 Å². The Morgan fingerprint density at radius 1 is 1.33 bits per heavy atom. The number of nitrogens with one attached hydrogen (secondary N) is 1. The van der Waals surface area contributed by atoms with Gasteiger partial charge in [-0.25, -0.2) is 0 Å². The summed E-state index contributed by atoms with van der Waals surface area (Å²) in [4.78, 5) is 2.53. The molecule has 18 heavy (non-hydrogen) atoms. The summed E-state index contributed by atoms with van der Waals surface area (Å²) in [6.07, 6.45) is 2.47. The number of fused-ring (bicyclic) bond motifs is 1. The van der Waals surface area contributed by atoms with Crippen molar-refractivity contribution >= 4 is 0 Å². The lowest BCUT2D eigenvalue weighted by Crippen LogP contribution is -2.45. The SMILES string of the molecule is CNC1c2ccccc2CCC1N(C)CC(C)C. The number of rotatable bonds is 4. The van der Waals surface area contributed by atoms with Gasteiger partial charge in [0.1, 0.15) is 0 Å². The normalized spacial score (nSPS) is 23.4. The maximum absolute atomic E-state index is 3.52. The quantitative estimate of drug-likeness (QED) is 0.879. The van der Waals surface area contributed by atoms with Crippen LogP contribution in [0.3, 0.4) is 0 Å². The Balaban J connectivity index is 2.20. The van der Waals surface area contributed by atoms with E-state index in [9.17, 15) is 0 Å². The zero-order valence-electron chi connectivity index (χ0n) is 12.1. The second kappa shape index (κ2) is 5.85. The molecule has 1 aromatic rings. The van der Waals surface area contributed by atoms with Crippen LogP contribution in [0.4, 0.5) is 0 Å². The van der Waals surface area contributed by atoms with Gasteiger partial charge in [0.15, 0.2) is 0 Å². The Morgan fingerprint density at radius 2 is 2.06 bits per heavy atom. The van der Waals surface area contributed by atoms with Gasteiger partial charge in [-0.15, -0.1) is 0 Å². The first-order chi connectivity index (χ1) is 8.63. The minimum Gasteiger partial charge on any atom is -0.312 e. The Labute approximate surface area is 111 Å². The van der Waals surface area contributed by atoms with Crippen LogP contribution in [0.15, 0.2) is 24.3 Å². The van der Waals surface area contributed by atoms with E-state index in [0.717, 1.165) is 5.92 Å². The first-order valence-electron chi connectivity index (χ1n) is 7.08. The molecular weight excluding hydrogens is 220 g/mol. The van der Waals surface area contributed by atoms with E-state index in [2.05, 4.69) is 62.4 Å². The van der Waals surface area contributed by atoms with Crippen molar-refractivity contribution in [3.05, 3.63) is 35.4 Å². The molecule has 0 radical (unpaired) electrons. The zero-order valence-corrected chi connectivity index (χ0v) is 12.1. The highest BCUT2D eigenvalue weighted by Gasteiger charge is 2.30. The molecule has 0 saturated heterocycles. The topological polar surface area (TPSA) is 15.3 Å². The van der Waals surface area contributed by atoms with E-state index in [-0.39, 0.29) is 0 Å². The van der Waals surface area contributed by atoms with Crippen molar-refractivity contribution in [1.29, 1.82) is 0 Å². The molecule has 2 unspecified atom stereocenters. The second-order valence-corrected chi connectivity index (χ2v) is 5.90. The molecule has 1 aliphatic rings. The second-order valence-electron chi connectivity index (χ2n) is 5.90. The van der Waals surface area contributed by atoms with Gasteiger partial charge in [0.2, 0.25) is 0 Å². The lowest BCUT2D eigenvalue weighted by atomic mass is 9.83. The van der Waals surface area contributed by atoms with Crippen LogP contribution in [0, 0.1) is 5.92 Å². The average molecular weight is 246 g/mol. The van der Waals surface area contributed by atoms with Gasteiger partial charge in [-0.1, -0.05) is 38.1 Å². The monoisotopic (exact) mass is 246 g/mol. The Hall–Kier alpha value is -0.860. The van der Waals surface area contributed by atoms with Crippen molar-refractivity contribution < 1.29 is 0 Å². The molecule has 100 valence electrons. The van der Waals surface area contributed by atoms with E-state index in [1.807, 2.05) is 0 Å². The minimum absolute atomic E-state index is 0.471. The molecule has 0 amide bonds. The molecule has 0 aromatic heterocycles. The van der Waals surface area contributed by atoms with Crippen molar-refractivity contribution in [2.75, 3.05) is 20.6 Å². The minimum atomic E-state index is 0.471. The molecule has 0 bridgehead atoms. The molecule has 0 spiro atoms. The fourth-order valence-corrected chi connectivity index (χ4v) is 3.28. The van der Waals surface area contributed by atoms with Crippen LogP contribution in [0.25, 0.3) is 0 Å². The van der Waals surface area contributed by atoms with Crippen LogP contribution < -0.4 is 5.32 Å². The smallest absolute Gasteiger partial charge is 0.0478 e. The van der Waals surface area contributed by atoms with E-state index in [1.165, 1.54) is 30.5 Å². The maximum atomic E-state index is 3.52. The van der Waals surface area contributed by atoms with Crippen LogP contribution in [0.2, 0.25) is 0 Å². The van der Waals surface area contributed by atoms with E-state index in [1.54, 1.807) is 0 Å². The summed E-state index contributed by atoms with van der Waals surface area (Å²) in [5.74, 6) is 0.727. The Bertz CT molecular complexity index is 386. The van der Waals surface area contributed by atoms with Crippen molar-refractivity contribution in [3.8, 4) is 0 Å². The molecule has 2 rings (SSSR count). The largest absolute Gasteiger partial charge is 0.312 e. The van der Waals surface area contributed by atoms with Gasteiger partial charge in [0, 0.05) is 18.6 Å². The van der Waals surface area contributed by atoms with Crippen LogP contribution in [-0.2, 0) is 6.42 Å². The third-order valence-electron chi connectivity index (χ3n) is 4.01. The molecular formula is C16H26N2. The van der Waals surface area contributed by atoms with Crippen molar-refractivity contribution in [2.24, 2.45) is 5.92 Å². The number of hydrogen-bond acceptors (Lipinski definition) is 2. The van der Waals surface area contributed by atoms with E-state index in [0.29, 0.717) is 12.1 Å². The summed E-state index contributed by atoms with van der Waals surface area (Å²) < 4.78 is 0. The van der Waals surface area contributed by atoms with Gasteiger partial charge in [0.05, 0.1) is 0 Å². The van der Waals surface area contributed by atoms with Crippen molar-refractivity contribution in [3.63, 3.8) is 0 Å². The first kappa shape index (κ1) is 13.6. The van der Waals surface area contributed by atoms with E-state index < -0.39 is 0 Å². The number of nitrogens with zero attached hydrogens (tertiary/aromatic N) is 1. The van der Waals surface area contributed by atoms with Crippen LogP contribution >= 0.6 is 0 Å². The van der Waals surface area contributed by atoms with Crippen LogP contribution in [0.1, 0.15) is 37.4 Å². The highest BCUT2D eigenvalue weighted by molar-refractivity contribution is 5.33. The summed E-state index contributed by atoms with van der Waals surface area (Å²) in [6.45, 7) is 5.76. The third-order valence-corrected chi connectivity index (χ3v) is 4.01. The highest BCUT2D eigenvalue weighted by Crippen LogP contribution is 2.32. The fraction of sp³-hybridized carbons (Fsp3) is 0.625. The summed E-state index contributed by atoms with van der Waals surface area (Å²) in [5.41, 5.74) is 3.01. The lowest BCUT2D eigenvalue weighted by molar-refractivity contribution is 0.161. The van der Waals surface area contributed by atoms with Gasteiger partial charge in [0.25, 0.3) is 0 Å². The van der Waals surface area contributed by atoms with Gasteiger partial charge < -0.3 is 10.2 Å². The lowest BCUT2D eigenvalue weighted by Gasteiger charge is -2.39. The molecule has 1 N–H and O–H groups in total. The maximum Gasteiger partial charge on any atom is 0.0478 e. The van der Waals surface area contributed by atoms with Gasteiger partial charge >= 0.3 is 0 Å². The van der Waals surface area contributed by atoms with Gasteiger partial charge in [-0.2, -0.15) is 0 Å². The van der Waals surface area contributed by atoms with E-state index >= 15 is 0 Å². The molecule has 2 nitrogen and oxygen atoms in total. The Morgan fingerprint density at radius 3 is 2.72 bits per heavy atom. The molecule has 2 atom stereocenters. The summed E-state index contributed by atoms with van der Waals surface area (Å²) in [7, 11) is 4.35. The number of likely N-dealkylation sites (N-methyl/N-ethyl adjacent to an activating group) is 2. The van der Waals surface area contributed by atoms with Crippen LogP contribution in [0.5, 0.6) is 0 Å². The zero-order chi connectivity index (χ0) is 13.1.